The van der Waals surface area contributed by atoms with Crippen LogP contribution in [0, 0.1) is 0 Å². The third kappa shape index (κ3) is 5.03. The molecule has 0 bridgehead atoms. The predicted molar refractivity (Wildman–Crippen MR) is 95.8 cm³/mol. The molecule has 0 saturated heterocycles. The zero-order chi connectivity index (χ0) is 16.7. The van der Waals surface area contributed by atoms with Gasteiger partial charge in [0.15, 0.2) is 11.5 Å². The number of hydrogen-bond acceptors (Lipinski definition) is 3. The van der Waals surface area contributed by atoms with Crippen LogP contribution in [0.2, 0.25) is 10.0 Å². The van der Waals surface area contributed by atoms with E-state index in [0.717, 1.165) is 35.7 Å². The van der Waals surface area contributed by atoms with Crippen LogP contribution in [0.15, 0.2) is 36.4 Å². The summed E-state index contributed by atoms with van der Waals surface area (Å²) in [7, 11) is 0. The lowest BCUT2D eigenvalue weighted by atomic mass is 10.1. The van der Waals surface area contributed by atoms with E-state index in [1.54, 1.807) is 12.1 Å². The molecule has 0 spiro atoms. The fraction of sp³-hybridized carbons (Fsp3) is 0.333. The molecule has 2 rings (SSSR count). The Balaban J connectivity index is 2.21. The van der Waals surface area contributed by atoms with Gasteiger partial charge in [-0.1, -0.05) is 48.3 Å². The molecular weight excluding hydrogens is 333 g/mol. The van der Waals surface area contributed by atoms with E-state index in [1.807, 2.05) is 31.2 Å². The average Bonchev–Trinajstić information content (AvgIpc) is 2.53. The molecule has 0 saturated carbocycles. The smallest absolute Gasteiger partial charge is 0.166 e. The summed E-state index contributed by atoms with van der Waals surface area (Å²) < 4.78 is 11.7. The minimum atomic E-state index is 0.360. The van der Waals surface area contributed by atoms with Crippen molar-refractivity contribution in [1.82, 2.24) is 5.32 Å². The zero-order valence-corrected chi connectivity index (χ0v) is 14.9. The highest BCUT2D eigenvalue weighted by Gasteiger charge is 2.12. The molecular formula is C18H21Cl2NO2. The van der Waals surface area contributed by atoms with E-state index < -0.39 is 0 Å². The summed E-state index contributed by atoms with van der Waals surface area (Å²) in [4.78, 5) is 0. The largest absolute Gasteiger partial charge is 0.490 e. The first-order chi connectivity index (χ1) is 11.2. The predicted octanol–water partition coefficient (Wildman–Crippen LogP) is 5.08. The summed E-state index contributed by atoms with van der Waals surface area (Å²) in [5.74, 6) is 1.49. The summed E-state index contributed by atoms with van der Waals surface area (Å²) in [5.41, 5.74) is 1.94. The lowest BCUT2D eigenvalue weighted by Crippen LogP contribution is -2.13. The van der Waals surface area contributed by atoms with Crippen LogP contribution in [0.25, 0.3) is 0 Å². The molecule has 2 aromatic carbocycles. The monoisotopic (exact) mass is 353 g/mol. The van der Waals surface area contributed by atoms with Crippen LogP contribution in [-0.4, -0.2) is 13.2 Å². The molecule has 0 amide bonds. The molecule has 0 unspecified atom stereocenters. The second-order valence-corrected chi connectivity index (χ2v) is 5.83. The zero-order valence-electron chi connectivity index (χ0n) is 13.4. The second-order valence-electron chi connectivity index (χ2n) is 4.98. The van der Waals surface area contributed by atoms with E-state index in [-0.39, 0.29) is 0 Å². The highest BCUT2D eigenvalue weighted by molar-refractivity contribution is 6.35. The Morgan fingerprint density at radius 1 is 1.00 bits per heavy atom. The van der Waals surface area contributed by atoms with Gasteiger partial charge < -0.3 is 14.8 Å². The van der Waals surface area contributed by atoms with E-state index in [2.05, 4.69) is 12.2 Å². The molecule has 0 aliphatic rings. The fourth-order valence-corrected chi connectivity index (χ4v) is 2.64. The Bertz CT molecular complexity index is 647. The summed E-state index contributed by atoms with van der Waals surface area (Å²) in [6.45, 7) is 6.58. The molecule has 1 N–H and O–H groups in total. The Kier molecular flexibility index (Phi) is 7.03. The second kappa shape index (κ2) is 9.02. The maximum atomic E-state index is 6.21. The minimum absolute atomic E-state index is 0.360. The van der Waals surface area contributed by atoms with Crippen LogP contribution in [0.1, 0.15) is 25.0 Å². The van der Waals surface area contributed by atoms with Gasteiger partial charge in [-0.15, -0.1) is 0 Å². The number of hydrogen-bond donors (Lipinski definition) is 1. The first kappa shape index (κ1) is 17.9. The van der Waals surface area contributed by atoms with Gasteiger partial charge in [-0.3, -0.25) is 0 Å². The van der Waals surface area contributed by atoms with Crippen LogP contribution in [-0.2, 0) is 13.2 Å². The number of ether oxygens (including phenoxy) is 2. The maximum Gasteiger partial charge on any atom is 0.166 e. The number of halogens is 2. The molecule has 5 heteroatoms. The summed E-state index contributed by atoms with van der Waals surface area (Å²) in [6, 6.07) is 11.3. The van der Waals surface area contributed by atoms with Gasteiger partial charge in [0.2, 0.25) is 0 Å². The average molecular weight is 354 g/mol. The van der Waals surface area contributed by atoms with Crippen molar-refractivity contribution in [2.75, 3.05) is 13.2 Å². The Hall–Kier alpha value is -1.42. The van der Waals surface area contributed by atoms with Gasteiger partial charge in [-0.25, -0.2) is 0 Å². The lowest BCUT2D eigenvalue weighted by Gasteiger charge is -2.16. The first-order valence-electron chi connectivity index (χ1n) is 7.67. The molecule has 0 heterocycles. The van der Waals surface area contributed by atoms with E-state index in [9.17, 15) is 0 Å². The molecule has 124 valence electrons. The standard InChI is InChI=1S/C18H21Cl2NO2/c1-3-21-11-13-6-5-7-17(22-4-2)18(13)23-12-14-8-9-15(19)10-16(14)20/h5-10,21H,3-4,11-12H2,1-2H3. The van der Waals surface area contributed by atoms with Crippen LogP contribution < -0.4 is 14.8 Å². The number of nitrogens with one attached hydrogen (secondary N) is 1. The molecule has 0 fully saturated rings. The van der Waals surface area contributed by atoms with E-state index in [0.29, 0.717) is 23.3 Å². The highest BCUT2D eigenvalue weighted by Crippen LogP contribution is 2.33. The van der Waals surface area contributed by atoms with Gasteiger partial charge >= 0.3 is 0 Å². The molecule has 0 radical (unpaired) electrons. The molecule has 2 aromatic rings. The van der Waals surface area contributed by atoms with Crippen molar-refractivity contribution in [2.45, 2.75) is 27.0 Å². The van der Waals surface area contributed by atoms with E-state index in [4.69, 9.17) is 32.7 Å². The minimum Gasteiger partial charge on any atom is -0.490 e. The van der Waals surface area contributed by atoms with Crippen molar-refractivity contribution in [3.63, 3.8) is 0 Å². The van der Waals surface area contributed by atoms with Crippen molar-refractivity contribution in [2.24, 2.45) is 0 Å². The Morgan fingerprint density at radius 3 is 2.52 bits per heavy atom. The Labute approximate surface area is 147 Å². The van der Waals surface area contributed by atoms with Crippen molar-refractivity contribution in [3.05, 3.63) is 57.6 Å². The Morgan fingerprint density at radius 2 is 1.83 bits per heavy atom. The summed E-state index contributed by atoms with van der Waals surface area (Å²) >= 11 is 12.1. The van der Waals surface area contributed by atoms with Gasteiger partial charge in [0, 0.05) is 27.7 Å². The number of benzene rings is 2. The first-order valence-corrected chi connectivity index (χ1v) is 8.43. The SMILES string of the molecule is CCNCc1cccc(OCC)c1OCc1ccc(Cl)cc1Cl. The molecule has 0 aliphatic heterocycles. The van der Waals surface area contributed by atoms with Gasteiger partial charge in [-0.2, -0.15) is 0 Å². The quantitative estimate of drug-likeness (QED) is 0.717. The number of para-hydroxylation sites is 1. The molecule has 0 atom stereocenters. The van der Waals surface area contributed by atoms with Crippen LogP contribution in [0.4, 0.5) is 0 Å². The van der Waals surface area contributed by atoms with Gasteiger partial charge in [-0.05, 0) is 31.7 Å². The van der Waals surface area contributed by atoms with Crippen molar-refractivity contribution < 1.29 is 9.47 Å². The van der Waals surface area contributed by atoms with Crippen molar-refractivity contribution >= 4 is 23.2 Å². The summed E-state index contributed by atoms with van der Waals surface area (Å²) in [5, 5.41) is 4.52. The molecule has 3 nitrogen and oxygen atoms in total. The topological polar surface area (TPSA) is 30.5 Å². The van der Waals surface area contributed by atoms with Crippen LogP contribution in [0.3, 0.4) is 0 Å². The van der Waals surface area contributed by atoms with Gasteiger partial charge in [0.25, 0.3) is 0 Å². The van der Waals surface area contributed by atoms with E-state index >= 15 is 0 Å². The third-order valence-corrected chi connectivity index (χ3v) is 3.90. The normalized spacial score (nSPS) is 10.6. The van der Waals surface area contributed by atoms with Gasteiger partial charge in [0.1, 0.15) is 6.61 Å². The molecule has 23 heavy (non-hydrogen) atoms. The fourth-order valence-electron chi connectivity index (χ4n) is 2.18. The highest BCUT2D eigenvalue weighted by atomic mass is 35.5. The number of rotatable bonds is 8. The van der Waals surface area contributed by atoms with E-state index in [1.165, 1.54) is 0 Å². The lowest BCUT2D eigenvalue weighted by molar-refractivity contribution is 0.266. The summed E-state index contributed by atoms with van der Waals surface area (Å²) in [6.07, 6.45) is 0. The third-order valence-electron chi connectivity index (χ3n) is 3.31. The van der Waals surface area contributed by atoms with Crippen molar-refractivity contribution in [1.29, 1.82) is 0 Å². The maximum absolute atomic E-state index is 6.21. The van der Waals surface area contributed by atoms with Crippen LogP contribution >= 0.6 is 23.2 Å². The molecule has 0 aromatic heterocycles. The molecule has 0 aliphatic carbocycles. The van der Waals surface area contributed by atoms with Gasteiger partial charge in [0.05, 0.1) is 6.61 Å². The van der Waals surface area contributed by atoms with Crippen molar-refractivity contribution in [3.8, 4) is 11.5 Å². The van der Waals surface area contributed by atoms with Crippen LogP contribution in [0.5, 0.6) is 11.5 Å².